The molecule has 0 aliphatic heterocycles. The van der Waals surface area contributed by atoms with Crippen LogP contribution in [0.2, 0.25) is 5.02 Å². The minimum Gasteiger partial charge on any atom is -0.354 e. The van der Waals surface area contributed by atoms with Gasteiger partial charge in [-0.25, -0.2) is 0 Å². The van der Waals surface area contributed by atoms with Gasteiger partial charge in [0, 0.05) is 24.9 Å². The van der Waals surface area contributed by atoms with Crippen molar-refractivity contribution in [2.75, 3.05) is 26.1 Å². The van der Waals surface area contributed by atoms with E-state index in [2.05, 4.69) is 10.6 Å². The molecule has 1 aromatic carbocycles. The fourth-order valence-corrected chi connectivity index (χ4v) is 1.60. The van der Waals surface area contributed by atoms with Crippen LogP contribution in [0.4, 0.5) is 5.69 Å². The number of amides is 2. The zero-order valence-electron chi connectivity index (χ0n) is 11.5. The summed E-state index contributed by atoms with van der Waals surface area (Å²) in [5, 5.41) is 5.38. The van der Waals surface area contributed by atoms with E-state index < -0.39 is 18.1 Å². The molecule has 1 rings (SSSR count). The van der Waals surface area contributed by atoms with Crippen LogP contribution in [0.1, 0.15) is 5.56 Å². The molecule has 2 N–H and O–H groups in total. The van der Waals surface area contributed by atoms with E-state index in [-0.39, 0.29) is 6.54 Å². The second-order valence-corrected chi connectivity index (χ2v) is 4.46. The Bertz CT molecular complexity index is 489. The van der Waals surface area contributed by atoms with Crippen LogP contribution < -0.4 is 10.6 Å². The van der Waals surface area contributed by atoms with Crippen LogP contribution in [-0.4, -0.2) is 38.9 Å². The predicted octanol–water partition coefficient (Wildman–Crippen LogP) is 1.32. The average molecular weight is 301 g/mol. The topological polar surface area (TPSA) is 76.7 Å². The third-order valence-corrected chi connectivity index (χ3v) is 2.84. The van der Waals surface area contributed by atoms with Crippen LogP contribution in [0.15, 0.2) is 18.2 Å². The summed E-state index contributed by atoms with van der Waals surface area (Å²) in [6.45, 7) is 1.88. The van der Waals surface area contributed by atoms with E-state index in [9.17, 15) is 9.59 Å². The number of ether oxygens (including phenoxy) is 2. The van der Waals surface area contributed by atoms with E-state index in [1.807, 2.05) is 0 Å². The Morgan fingerprint density at radius 1 is 1.25 bits per heavy atom. The quantitative estimate of drug-likeness (QED) is 0.635. The highest BCUT2D eigenvalue weighted by atomic mass is 35.5. The lowest BCUT2D eigenvalue weighted by molar-refractivity contribution is -0.139. The van der Waals surface area contributed by atoms with Gasteiger partial charge in [0.1, 0.15) is 0 Å². The molecule has 0 aliphatic carbocycles. The molecule has 0 atom stereocenters. The summed E-state index contributed by atoms with van der Waals surface area (Å²) in [6, 6.07) is 5.03. The molecule has 0 radical (unpaired) electrons. The van der Waals surface area contributed by atoms with Gasteiger partial charge in [-0.15, -0.1) is 0 Å². The van der Waals surface area contributed by atoms with Gasteiger partial charge in [-0.1, -0.05) is 17.7 Å². The number of hydrogen-bond acceptors (Lipinski definition) is 4. The molecule has 2 amide bonds. The summed E-state index contributed by atoms with van der Waals surface area (Å²) in [6.07, 6.45) is -0.598. The summed E-state index contributed by atoms with van der Waals surface area (Å²) >= 11 is 5.84. The number of methoxy groups -OCH3 is 2. The molecule has 6 nitrogen and oxygen atoms in total. The number of aryl methyl sites for hydroxylation is 1. The number of carbonyl (C=O) groups excluding carboxylic acids is 2. The van der Waals surface area contributed by atoms with Crippen molar-refractivity contribution >= 4 is 29.1 Å². The highest BCUT2D eigenvalue weighted by Gasteiger charge is 2.16. The van der Waals surface area contributed by atoms with Gasteiger partial charge in [0.25, 0.3) is 0 Å². The number of nitrogens with one attached hydrogen (secondary N) is 2. The monoisotopic (exact) mass is 300 g/mol. The Balaban J connectivity index is 2.57. The molecule has 7 heteroatoms. The van der Waals surface area contributed by atoms with Crippen molar-refractivity contribution in [1.29, 1.82) is 0 Å². The van der Waals surface area contributed by atoms with Gasteiger partial charge in [-0.2, -0.15) is 0 Å². The van der Waals surface area contributed by atoms with Crippen LogP contribution >= 0.6 is 11.6 Å². The van der Waals surface area contributed by atoms with Crippen molar-refractivity contribution in [2.45, 2.75) is 13.2 Å². The Morgan fingerprint density at radius 2 is 1.90 bits per heavy atom. The van der Waals surface area contributed by atoms with E-state index in [1.54, 1.807) is 25.1 Å². The lowest BCUT2D eigenvalue weighted by Crippen LogP contribution is -2.40. The number of rotatable bonds is 5. The molecule has 0 heterocycles. The molecular weight excluding hydrogens is 284 g/mol. The summed E-state index contributed by atoms with van der Waals surface area (Å²) < 4.78 is 9.79. The summed E-state index contributed by atoms with van der Waals surface area (Å²) in [5.74, 6) is -1.55. The van der Waals surface area contributed by atoms with E-state index in [1.165, 1.54) is 14.2 Å². The van der Waals surface area contributed by atoms with E-state index in [4.69, 9.17) is 21.1 Å². The molecule has 0 aliphatic rings. The van der Waals surface area contributed by atoms with Crippen molar-refractivity contribution in [3.63, 3.8) is 0 Å². The van der Waals surface area contributed by atoms with Gasteiger partial charge in [-0.3, -0.25) is 9.59 Å². The van der Waals surface area contributed by atoms with Gasteiger partial charge in [0.05, 0.1) is 6.54 Å². The Kier molecular flexibility index (Phi) is 6.44. The second-order valence-electron chi connectivity index (χ2n) is 4.02. The standard InChI is InChI=1S/C13H17ClN2O4/c1-8-4-5-9(14)6-10(8)16-13(18)12(17)15-7-11(19-2)20-3/h4-6,11H,7H2,1-3H3,(H,15,17)(H,16,18). The lowest BCUT2D eigenvalue weighted by atomic mass is 10.2. The molecule has 0 saturated heterocycles. The molecule has 0 unspecified atom stereocenters. The van der Waals surface area contributed by atoms with Gasteiger partial charge in [0.15, 0.2) is 6.29 Å². The van der Waals surface area contributed by atoms with Gasteiger partial charge in [-0.05, 0) is 24.6 Å². The largest absolute Gasteiger partial charge is 0.354 e. The fourth-order valence-electron chi connectivity index (χ4n) is 1.43. The number of halogens is 1. The third kappa shape index (κ3) is 4.80. The van der Waals surface area contributed by atoms with Crippen LogP contribution in [0, 0.1) is 6.92 Å². The highest BCUT2D eigenvalue weighted by molar-refractivity contribution is 6.40. The Morgan fingerprint density at radius 3 is 2.50 bits per heavy atom. The van der Waals surface area contributed by atoms with Gasteiger partial charge in [0.2, 0.25) is 0 Å². The third-order valence-electron chi connectivity index (χ3n) is 2.61. The van der Waals surface area contributed by atoms with Gasteiger partial charge >= 0.3 is 11.8 Å². The Labute approximate surface area is 122 Å². The maximum absolute atomic E-state index is 11.7. The van der Waals surface area contributed by atoms with Gasteiger partial charge < -0.3 is 20.1 Å². The second kappa shape index (κ2) is 7.84. The molecule has 0 aromatic heterocycles. The maximum atomic E-state index is 11.7. The first kappa shape index (κ1) is 16.4. The molecule has 0 bridgehead atoms. The lowest BCUT2D eigenvalue weighted by Gasteiger charge is -2.14. The number of benzene rings is 1. The van der Waals surface area contributed by atoms with Crippen molar-refractivity contribution < 1.29 is 19.1 Å². The minimum atomic E-state index is -0.777. The molecule has 1 aromatic rings. The van der Waals surface area contributed by atoms with Crippen molar-refractivity contribution in [2.24, 2.45) is 0 Å². The van der Waals surface area contributed by atoms with Crippen molar-refractivity contribution in [3.05, 3.63) is 28.8 Å². The first-order valence-corrected chi connectivity index (χ1v) is 6.26. The van der Waals surface area contributed by atoms with E-state index >= 15 is 0 Å². The molecule has 20 heavy (non-hydrogen) atoms. The van der Waals surface area contributed by atoms with Crippen LogP contribution in [0.3, 0.4) is 0 Å². The first-order chi connectivity index (χ1) is 9.47. The predicted molar refractivity (Wildman–Crippen MR) is 75.6 cm³/mol. The number of carbonyl (C=O) groups is 2. The van der Waals surface area contributed by atoms with Crippen molar-refractivity contribution in [3.8, 4) is 0 Å². The van der Waals surface area contributed by atoms with E-state index in [0.29, 0.717) is 10.7 Å². The normalized spacial score (nSPS) is 10.4. The molecule has 0 fully saturated rings. The number of hydrogen-bond donors (Lipinski definition) is 2. The summed E-state index contributed by atoms with van der Waals surface area (Å²) in [5.41, 5.74) is 1.30. The average Bonchev–Trinajstić information content (AvgIpc) is 2.43. The minimum absolute atomic E-state index is 0.0772. The first-order valence-electron chi connectivity index (χ1n) is 5.88. The van der Waals surface area contributed by atoms with Crippen LogP contribution in [0.25, 0.3) is 0 Å². The zero-order chi connectivity index (χ0) is 15.1. The zero-order valence-corrected chi connectivity index (χ0v) is 12.3. The Hall–Kier alpha value is -1.63. The molecule has 110 valence electrons. The SMILES string of the molecule is COC(CNC(=O)C(=O)Nc1cc(Cl)ccc1C)OC. The maximum Gasteiger partial charge on any atom is 0.313 e. The highest BCUT2D eigenvalue weighted by Crippen LogP contribution is 2.19. The smallest absolute Gasteiger partial charge is 0.313 e. The molecular formula is C13H17ClN2O4. The van der Waals surface area contributed by atoms with Crippen LogP contribution in [0.5, 0.6) is 0 Å². The number of anilines is 1. The summed E-state index contributed by atoms with van der Waals surface area (Å²) in [7, 11) is 2.88. The van der Waals surface area contributed by atoms with E-state index in [0.717, 1.165) is 5.56 Å². The van der Waals surface area contributed by atoms with Crippen LogP contribution in [-0.2, 0) is 19.1 Å². The molecule has 0 saturated carbocycles. The fraction of sp³-hybridized carbons (Fsp3) is 0.385. The molecule has 0 spiro atoms. The van der Waals surface area contributed by atoms with Crippen molar-refractivity contribution in [1.82, 2.24) is 5.32 Å². The summed E-state index contributed by atoms with van der Waals surface area (Å²) in [4.78, 5) is 23.3.